The largest absolute Gasteiger partial charge is 0.496 e. The molecule has 138 valence electrons. The number of carbonyl (C=O) groups excluding carboxylic acids is 1. The van der Waals surface area contributed by atoms with Gasteiger partial charge in [-0.05, 0) is 31.2 Å². The first-order valence-electron chi connectivity index (χ1n) is 8.86. The van der Waals surface area contributed by atoms with Gasteiger partial charge in [-0.2, -0.15) is 0 Å². The van der Waals surface area contributed by atoms with Gasteiger partial charge >= 0.3 is 0 Å². The fourth-order valence-electron chi connectivity index (χ4n) is 3.67. The monoisotopic (exact) mass is 349 g/mol. The van der Waals surface area contributed by atoms with Gasteiger partial charge in [0.05, 0.1) is 19.3 Å². The van der Waals surface area contributed by atoms with E-state index >= 15 is 0 Å². The zero-order valence-electron chi connectivity index (χ0n) is 15.3. The number of rotatable bonds is 5. The molecular weight excluding hydrogens is 322 g/mol. The molecule has 0 radical (unpaired) electrons. The third-order valence-electron chi connectivity index (χ3n) is 4.62. The van der Waals surface area contributed by atoms with Crippen LogP contribution in [0.1, 0.15) is 51.7 Å². The minimum Gasteiger partial charge on any atom is -0.496 e. The number of nitrogens with one attached hydrogen (secondary N) is 1. The third-order valence-corrected chi connectivity index (χ3v) is 4.62. The lowest BCUT2D eigenvalue weighted by atomic mass is 9.90. The van der Waals surface area contributed by atoms with Crippen LogP contribution in [0.2, 0.25) is 0 Å². The van der Waals surface area contributed by atoms with E-state index in [0.29, 0.717) is 23.8 Å². The normalized spacial score (nSPS) is 25.1. The summed E-state index contributed by atoms with van der Waals surface area (Å²) in [5.41, 5.74) is 0.940. The highest BCUT2D eigenvalue weighted by atomic mass is 16.7. The van der Waals surface area contributed by atoms with Gasteiger partial charge in [0.15, 0.2) is 11.5 Å². The van der Waals surface area contributed by atoms with Gasteiger partial charge in [0.25, 0.3) is 0 Å². The molecular formula is C19H27NO5. The second-order valence-corrected chi connectivity index (χ2v) is 7.19. The summed E-state index contributed by atoms with van der Waals surface area (Å²) in [6.07, 6.45) is 2.45. The lowest BCUT2D eigenvalue weighted by Crippen LogP contribution is -2.42. The summed E-state index contributed by atoms with van der Waals surface area (Å²) in [5.74, 6) is 2.64. The van der Waals surface area contributed by atoms with Crippen LogP contribution in [0.3, 0.4) is 0 Å². The van der Waals surface area contributed by atoms with Crippen molar-refractivity contribution in [2.45, 2.75) is 58.3 Å². The minimum atomic E-state index is -0.154. The molecule has 2 aliphatic rings. The number of fused-ring (bicyclic) bond motifs is 1. The van der Waals surface area contributed by atoms with Gasteiger partial charge in [0, 0.05) is 24.6 Å². The Bertz CT molecular complexity index is 630. The zero-order valence-corrected chi connectivity index (χ0v) is 15.3. The summed E-state index contributed by atoms with van der Waals surface area (Å²) in [6, 6.07) is 3.88. The van der Waals surface area contributed by atoms with Crippen molar-refractivity contribution in [1.82, 2.24) is 5.32 Å². The molecule has 1 amide bonds. The maximum absolute atomic E-state index is 11.5. The van der Waals surface area contributed by atoms with Crippen molar-refractivity contribution in [2.24, 2.45) is 5.92 Å². The Morgan fingerprint density at radius 2 is 2.00 bits per heavy atom. The third kappa shape index (κ3) is 4.18. The van der Waals surface area contributed by atoms with Crippen LogP contribution >= 0.6 is 0 Å². The summed E-state index contributed by atoms with van der Waals surface area (Å²) in [6.45, 7) is 6.14. The highest BCUT2D eigenvalue weighted by Gasteiger charge is 2.34. The summed E-state index contributed by atoms with van der Waals surface area (Å²) in [4.78, 5) is 11.5. The highest BCUT2D eigenvalue weighted by Crippen LogP contribution is 2.44. The van der Waals surface area contributed by atoms with Gasteiger partial charge in [0.1, 0.15) is 5.75 Å². The Morgan fingerprint density at radius 3 is 2.64 bits per heavy atom. The highest BCUT2D eigenvalue weighted by molar-refractivity contribution is 5.73. The fourth-order valence-corrected chi connectivity index (χ4v) is 3.67. The molecule has 2 aliphatic heterocycles. The van der Waals surface area contributed by atoms with Crippen molar-refractivity contribution in [3.05, 3.63) is 17.7 Å². The number of benzene rings is 1. The Morgan fingerprint density at radius 1 is 1.28 bits per heavy atom. The number of amides is 1. The first-order chi connectivity index (χ1) is 12.0. The number of ether oxygens (including phenoxy) is 4. The fraction of sp³-hybridized carbons (Fsp3) is 0.632. The topological polar surface area (TPSA) is 66.0 Å². The van der Waals surface area contributed by atoms with Crippen molar-refractivity contribution in [1.29, 1.82) is 0 Å². The van der Waals surface area contributed by atoms with Crippen LogP contribution in [-0.4, -0.2) is 32.0 Å². The SMILES string of the molecule is COc1cc2c(cc1[C@@H]1C[C@H](NC(C)=O)C[C@H](CC(C)C)O1)OCO2. The quantitative estimate of drug-likeness (QED) is 0.884. The molecule has 0 unspecified atom stereocenters. The Balaban J connectivity index is 1.87. The van der Waals surface area contributed by atoms with Gasteiger partial charge in [-0.15, -0.1) is 0 Å². The Kier molecular flexibility index (Phi) is 5.37. The van der Waals surface area contributed by atoms with E-state index in [0.717, 1.165) is 24.2 Å². The van der Waals surface area contributed by atoms with Gasteiger partial charge in [0.2, 0.25) is 12.7 Å². The average molecular weight is 349 g/mol. The van der Waals surface area contributed by atoms with Crippen LogP contribution in [0.4, 0.5) is 0 Å². The van der Waals surface area contributed by atoms with Gasteiger partial charge in [-0.25, -0.2) is 0 Å². The van der Waals surface area contributed by atoms with Crippen LogP contribution in [-0.2, 0) is 9.53 Å². The predicted molar refractivity (Wildman–Crippen MR) is 93.0 cm³/mol. The molecule has 1 N–H and O–H groups in total. The molecule has 0 spiro atoms. The molecule has 1 saturated heterocycles. The van der Waals surface area contributed by atoms with E-state index in [1.54, 1.807) is 14.0 Å². The molecule has 3 rings (SSSR count). The summed E-state index contributed by atoms with van der Waals surface area (Å²) < 4.78 is 22.9. The van der Waals surface area contributed by atoms with Crippen LogP contribution in [0, 0.1) is 5.92 Å². The van der Waals surface area contributed by atoms with Crippen molar-refractivity contribution in [3.8, 4) is 17.2 Å². The molecule has 0 aromatic heterocycles. The van der Waals surface area contributed by atoms with Crippen molar-refractivity contribution in [3.63, 3.8) is 0 Å². The predicted octanol–water partition coefficient (Wildman–Crippen LogP) is 3.19. The average Bonchev–Trinajstić information content (AvgIpc) is 2.99. The minimum absolute atomic E-state index is 0.00778. The second kappa shape index (κ2) is 7.52. The summed E-state index contributed by atoms with van der Waals surface area (Å²) in [5, 5.41) is 3.06. The molecule has 0 bridgehead atoms. The molecule has 1 aromatic rings. The van der Waals surface area contributed by atoms with Crippen LogP contribution in [0.5, 0.6) is 17.2 Å². The van der Waals surface area contributed by atoms with E-state index in [2.05, 4.69) is 19.2 Å². The number of methoxy groups -OCH3 is 1. The second-order valence-electron chi connectivity index (χ2n) is 7.19. The number of carbonyl (C=O) groups is 1. The van der Waals surface area contributed by atoms with E-state index < -0.39 is 0 Å². The first-order valence-corrected chi connectivity index (χ1v) is 8.86. The van der Waals surface area contributed by atoms with Crippen molar-refractivity contribution < 1.29 is 23.7 Å². The maximum Gasteiger partial charge on any atom is 0.231 e. The molecule has 0 aliphatic carbocycles. The first kappa shape index (κ1) is 17.9. The lowest BCUT2D eigenvalue weighted by Gasteiger charge is -2.37. The summed E-state index contributed by atoms with van der Waals surface area (Å²) >= 11 is 0. The molecule has 0 saturated carbocycles. The van der Waals surface area contributed by atoms with Crippen molar-refractivity contribution >= 4 is 5.91 Å². The van der Waals surface area contributed by atoms with E-state index in [4.69, 9.17) is 18.9 Å². The molecule has 25 heavy (non-hydrogen) atoms. The Labute approximate surface area is 148 Å². The molecule has 3 atom stereocenters. The van der Waals surface area contributed by atoms with E-state index in [9.17, 15) is 4.79 Å². The zero-order chi connectivity index (χ0) is 18.0. The molecule has 6 heteroatoms. The number of hydrogen-bond donors (Lipinski definition) is 1. The summed E-state index contributed by atoms with van der Waals surface area (Å²) in [7, 11) is 1.64. The van der Waals surface area contributed by atoms with Crippen LogP contribution in [0.25, 0.3) is 0 Å². The van der Waals surface area contributed by atoms with Crippen LogP contribution < -0.4 is 19.5 Å². The Hall–Kier alpha value is -1.95. The van der Waals surface area contributed by atoms with Crippen molar-refractivity contribution in [2.75, 3.05) is 13.9 Å². The van der Waals surface area contributed by atoms with Crippen LogP contribution in [0.15, 0.2) is 12.1 Å². The maximum atomic E-state index is 11.5. The van der Waals surface area contributed by atoms with E-state index in [-0.39, 0.29) is 30.9 Å². The van der Waals surface area contributed by atoms with E-state index in [1.807, 2.05) is 12.1 Å². The van der Waals surface area contributed by atoms with Gasteiger partial charge in [-0.3, -0.25) is 4.79 Å². The van der Waals surface area contributed by atoms with Gasteiger partial charge < -0.3 is 24.3 Å². The lowest BCUT2D eigenvalue weighted by molar-refractivity contribution is -0.122. The standard InChI is InChI=1S/C19H27NO5/c1-11(2)5-14-6-13(20-12(3)21)7-17(25-14)15-8-18-19(24-10-23-18)9-16(15)22-4/h8-9,11,13-14,17H,5-7,10H2,1-4H3,(H,20,21)/t13-,14+,17+/m1/s1. The van der Waals surface area contributed by atoms with E-state index in [1.165, 1.54) is 0 Å². The molecule has 2 heterocycles. The molecule has 1 fully saturated rings. The number of hydrogen-bond acceptors (Lipinski definition) is 5. The molecule has 6 nitrogen and oxygen atoms in total. The van der Waals surface area contributed by atoms with Gasteiger partial charge in [-0.1, -0.05) is 13.8 Å². The molecule has 1 aromatic carbocycles. The smallest absolute Gasteiger partial charge is 0.231 e.